The van der Waals surface area contributed by atoms with Gasteiger partial charge in [-0.05, 0) is 54.8 Å². The number of phenols is 1. The number of rotatable bonds is 6. The Hall–Kier alpha value is -3.32. The zero-order valence-corrected chi connectivity index (χ0v) is 17.4. The van der Waals surface area contributed by atoms with Crippen LogP contribution < -0.4 is 4.74 Å². The lowest BCUT2D eigenvalue weighted by molar-refractivity contribution is -0.140. The highest BCUT2D eigenvalue weighted by atomic mass is 16.5. The maximum absolute atomic E-state index is 12.9. The molecule has 7 heteroatoms. The fraction of sp³-hybridized carbons (Fsp3) is 0.304. The second-order valence-corrected chi connectivity index (χ2v) is 7.22. The van der Waals surface area contributed by atoms with Gasteiger partial charge in [0.25, 0.3) is 11.7 Å². The fourth-order valence-corrected chi connectivity index (χ4v) is 3.75. The number of aryl methyl sites for hydroxylation is 2. The molecule has 0 radical (unpaired) electrons. The van der Waals surface area contributed by atoms with Crippen molar-refractivity contribution in [2.45, 2.75) is 19.9 Å². The third-order valence-corrected chi connectivity index (χ3v) is 5.26. The molecule has 1 aliphatic rings. The molecule has 2 N–H and O–H groups in total. The molecule has 1 aliphatic heterocycles. The van der Waals surface area contributed by atoms with Crippen LogP contribution in [0.2, 0.25) is 0 Å². The van der Waals surface area contributed by atoms with Crippen molar-refractivity contribution in [2.75, 3.05) is 27.4 Å². The van der Waals surface area contributed by atoms with Crippen LogP contribution in [0.25, 0.3) is 5.76 Å². The topological polar surface area (TPSA) is 96.3 Å². The third-order valence-electron chi connectivity index (χ3n) is 5.26. The highest BCUT2D eigenvalue weighted by molar-refractivity contribution is 6.46. The molecule has 0 saturated carbocycles. The van der Waals surface area contributed by atoms with E-state index in [9.17, 15) is 19.8 Å². The molecule has 158 valence electrons. The van der Waals surface area contributed by atoms with E-state index in [4.69, 9.17) is 9.47 Å². The van der Waals surface area contributed by atoms with Gasteiger partial charge < -0.3 is 24.6 Å². The van der Waals surface area contributed by atoms with Crippen molar-refractivity contribution in [3.05, 3.63) is 64.2 Å². The molecule has 1 atom stereocenters. The number of phenolic OH excluding ortho intramolecular Hbond substituents is 1. The van der Waals surface area contributed by atoms with Crippen molar-refractivity contribution in [2.24, 2.45) is 0 Å². The third kappa shape index (κ3) is 3.76. The summed E-state index contributed by atoms with van der Waals surface area (Å²) >= 11 is 0. The van der Waals surface area contributed by atoms with E-state index >= 15 is 0 Å². The Morgan fingerprint density at radius 2 is 1.83 bits per heavy atom. The fourth-order valence-electron chi connectivity index (χ4n) is 3.75. The molecule has 7 nitrogen and oxygen atoms in total. The van der Waals surface area contributed by atoms with Crippen LogP contribution >= 0.6 is 0 Å². The molecule has 3 rings (SSSR count). The lowest BCUT2D eigenvalue weighted by Gasteiger charge is -2.25. The van der Waals surface area contributed by atoms with Crippen molar-refractivity contribution < 1.29 is 29.3 Å². The Balaban J connectivity index is 2.22. The lowest BCUT2D eigenvalue weighted by Crippen LogP contribution is -2.32. The first-order chi connectivity index (χ1) is 14.3. The molecule has 1 saturated heterocycles. The average Bonchev–Trinajstić information content (AvgIpc) is 2.97. The number of aliphatic hydroxyl groups is 1. The predicted octanol–water partition coefficient (Wildman–Crippen LogP) is 3.09. The van der Waals surface area contributed by atoms with Crippen LogP contribution in [0.1, 0.15) is 28.3 Å². The number of ketones is 1. The Bertz CT molecular complexity index is 1030. The predicted molar refractivity (Wildman–Crippen MR) is 111 cm³/mol. The first-order valence-corrected chi connectivity index (χ1v) is 9.52. The highest BCUT2D eigenvalue weighted by Crippen LogP contribution is 2.41. The quantitative estimate of drug-likeness (QED) is 0.431. The zero-order valence-electron chi connectivity index (χ0n) is 17.4. The summed E-state index contributed by atoms with van der Waals surface area (Å²) in [5.41, 5.74) is 2.44. The van der Waals surface area contributed by atoms with Crippen LogP contribution in [0.3, 0.4) is 0 Å². The normalized spacial score (nSPS) is 18.1. The van der Waals surface area contributed by atoms with E-state index in [0.717, 1.165) is 5.56 Å². The van der Waals surface area contributed by atoms with E-state index in [1.807, 2.05) is 6.92 Å². The second kappa shape index (κ2) is 8.59. The Kier molecular flexibility index (Phi) is 6.12. The maximum Gasteiger partial charge on any atom is 0.295 e. The molecule has 1 unspecified atom stereocenters. The second-order valence-electron chi connectivity index (χ2n) is 7.22. The van der Waals surface area contributed by atoms with Crippen molar-refractivity contribution in [1.82, 2.24) is 4.90 Å². The Morgan fingerprint density at radius 3 is 2.47 bits per heavy atom. The number of amides is 1. The van der Waals surface area contributed by atoms with Crippen LogP contribution in [-0.2, 0) is 14.3 Å². The van der Waals surface area contributed by atoms with Gasteiger partial charge in [-0.3, -0.25) is 9.59 Å². The van der Waals surface area contributed by atoms with Crippen LogP contribution in [-0.4, -0.2) is 54.2 Å². The van der Waals surface area contributed by atoms with E-state index in [1.54, 1.807) is 38.3 Å². The zero-order chi connectivity index (χ0) is 22.0. The van der Waals surface area contributed by atoms with Gasteiger partial charge >= 0.3 is 0 Å². The summed E-state index contributed by atoms with van der Waals surface area (Å²) in [5.74, 6) is -1.09. The number of ether oxygens (including phenoxy) is 2. The van der Waals surface area contributed by atoms with Crippen molar-refractivity contribution >= 4 is 17.4 Å². The molecular weight excluding hydrogens is 386 g/mol. The Morgan fingerprint density at radius 1 is 1.10 bits per heavy atom. The highest BCUT2D eigenvalue weighted by Gasteiger charge is 2.46. The van der Waals surface area contributed by atoms with Crippen molar-refractivity contribution in [1.29, 1.82) is 0 Å². The molecule has 0 aliphatic carbocycles. The number of hydrogen-bond donors (Lipinski definition) is 2. The largest absolute Gasteiger partial charge is 0.508 e. The smallest absolute Gasteiger partial charge is 0.295 e. The van der Waals surface area contributed by atoms with Gasteiger partial charge in [-0.1, -0.05) is 12.1 Å². The summed E-state index contributed by atoms with van der Waals surface area (Å²) in [6.07, 6.45) is 0. The number of Topliss-reactive ketones (excluding diaryl/α,β-unsaturated/α-hetero) is 1. The number of aliphatic hydroxyl groups excluding tert-OH is 1. The minimum Gasteiger partial charge on any atom is -0.508 e. The summed E-state index contributed by atoms with van der Waals surface area (Å²) in [6.45, 7) is 4.02. The minimum absolute atomic E-state index is 0.00121. The number of hydrogen-bond acceptors (Lipinski definition) is 6. The molecule has 30 heavy (non-hydrogen) atoms. The van der Waals surface area contributed by atoms with Gasteiger partial charge in [0.1, 0.15) is 17.3 Å². The molecule has 0 aromatic heterocycles. The van der Waals surface area contributed by atoms with Gasteiger partial charge in [0.05, 0.1) is 25.3 Å². The summed E-state index contributed by atoms with van der Waals surface area (Å²) in [6, 6.07) is 8.98. The summed E-state index contributed by atoms with van der Waals surface area (Å²) in [4.78, 5) is 27.1. The van der Waals surface area contributed by atoms with E-state index in [0.29, 0.717) is 22.4 Å². The SMILES string of the molecule is COCCN1C(=O)C(=O)/C(=C(/O)c2cc(C)c(OC)cc2C)C1c1cccc(O)c1. The molecule has 2 aromatic carbocycles. The van der Waals surface area contributed by atoms with Gasteiger partial charge in [0, 0.05) is 19.2 Å². The lowest BCUT2D eigenvalue weighted by atomic mass is 9.93. The number of methoxy groups -OCH3 is 2. The van der Waals surface area contributed by atoms with Crippen molar-refractivity contribution in [3.8, 4) is 11.5 Å². The molecule has 1 fully saturated rings. The van der Waals surface area contributed by atoms with Gasteiger partial charge in [0.15, 0.2) is 0 Å². The molecule has 2 aromatic rings. The van der Waals surface area contributed by atoms with E-state index in [-0.39, 0.29) is 30.2 Å². The molecule has 0 spiro atoms. The summed E-state index contributed by atoms with van der Waals surface area (Å²) in [7, 11) is 3.06. The van der Waals surface area contributed by atoms with Gasteiger partial charge in [-0.15, -0.1) is 0 Å². The number of carbonyl (C=O) groups excluding carboxylic acids is 2. The van der Waals surface area contributed by atoms with Crippen LogP contribution in [0, 0.1) is 13.8 Å². The summed E-state index contributed by atoms with van der Waals surface area (Å²) in [5, 5.41) is 21.1. The average molecular weight is 411 g/mol. The minimum atomic E-state index is -0.839. The maximum atomic E-state index is 12.9. The van der Waals surface area contributed by atoms with E-state index in [1.165, 1.54) is 24.1 Å². The number of benzene rings is 2. The number of nitrogens with zero attached hydrogens (tertiary/aromatic N) is 1. The number of likely N-dealkylation sites (tertiary alicyclic amines) is 1. The van der Waals surface area contributed by atoms with Crippen LogP contribution in [0.5, 0.6) is 11.5 Å². The standard InChI is InChI=1S/C23H25NO6/c1-13-11-18(30-4)14(2)10-17(13)21(26)19-20(15-6-5-7-16(25)12-15)24(8-9-29-3)23(28)22(19)27/h5-7,10-12,20,25-26H,8-9H2,1-4H3/b21-19+. The van der Waals surface area contributed by atoms with E-state index in [2.05, 4.69) is 0 Å². The molecule has 1 amide bonds. The van der Waals surface area contributed by atoms with E-state index < -0.39 is 17.7 Å². The van der Waals surface area contributed by atoms with Crippen LogP contribution in [0.15, 0.2) is 42.0 Å². The van der Waals surface area contributed by atoms with Gasteiger partial charge in [-0.25, -0.2) is 0 Å². The van der Waals surface area contributed by atoms with Gasteiger partial charge in [0.2, 0.25) is 0 Å². The first kappa shape index (κ1) is 21.4. The monoisotopic (exact) mass is 411 g/mol. The number of aromatic hydroxyl groups is 1. The Labute approximate surface area is 175 Å². The molecule has 1 heterocycles. The molecular formula is C23H25NO6. The number of carbonyl (C=O) groups is 2. The van der Waals surface area contributed by atoms with Gasteiger partial charge in [-0.2, -0.15) is 0 Å². The first-order valence-electron chi connectivity index (χ1n) is 9.52. The summed E-state index contributed by atoms with van der Waals surface area (Å²) < 4.78 is 10.4. The van der Waals surface area contributed by atoms with Crippen molar-refractivity contribution in [3.63, 3.8) is 0 Å². The van der Waals surface area contributed by atoms with Crippen LogP contribution in [0.4, 0.5) is 0 Å². The molecule has 0 bridgehead atoms.